The molecule has 0 aromatic carbocycles. The fourth-order valence-electron chi connectivity index (χ4n) is 1.16. The number of carbonyl (C=O) groups excluding carboxylic acids is 1. The molecule has 1 aliphatic rings. The molecule has 0 atom stereocenters. The Hall–Kier alpha value is -0.450. The van der Waals surface area contributed by atoms with Crippen molar-refractivity contribution in [3.63, 3.8) is 0 Å². The number of halogens is 4. The molecule has 0 aromatic heterocycles. The molecular weight excluding hydrogens is 219 g/mol. The van der Waals surface area contributed by atoms with Crippen LogP contribution in [0, 0.1) is 0 Å². The molecule has 0 radical (unpaired) electrons. The zero-order chi connectivity index (χ0) is 10.8. The Labute approximate surface area is 84.8 Å². The van der Waals surface area contributed by atoms with Crippen molar-refractivity contribution in [1.29, 1.82) is 0 Å². The van der Waals surface area contributed by atoms with E-state index in [1.807, 2.05) is 5.32 Å². The van der Waals surface area contributed by atoms with E-state index in [9.17, 15) is 18.0 Å². The van der Waals surface area contributed by atoms with Crippen molar-refractivity contribution < 1.29 is 18.0 Å². The quantitative estimate of drug-likeness (QED) is 0.736. The summed E-state index contributed by atoms with van der Waals surface area (Å²) < 4.78 is 37.0. The van der Waals surface area contributed by atoms with Gasteiger partial charge in [-0.05, 0) is 19.3 Å². The van der Waals surface area contributed by atoms with Crippen LogP contribution in [0.1, 0.15) is 25.7 Å². The predicted molar refractivity (Wildman–Crippen MR) is 46.1 cm³/mol. The molecule has 1 aliphatic carbocycles. The Kier molecular flexibility index (Phi) is 3.29. The average molecular weight is 230 g/mol. The van der Waals surface area contributed by atoms with Crippen LogP contribution in [-0.2, 0) is 4.79 Å². The van der Waals surface area contributed by atoms with Gasteiger partial charge in [-0.15, -0.1) is 11.6 Å². The van der Waals surface area contributed by atoms with E-state index in [1.165, 1.54) is 0 Å². The first-order valence-electron chi connectivity index (χ1n) is 4.35. The Morgan fingerprint density at radius 3 is 2.36 bits per heavy atom. The lowest BCUT2D eigenvalue weighted by Gasteiger charge is -2.20. The van der Waals surface area contributed by atoms with Crippen LogP contribution in [0.5, 0.6) is 0 Å². The van der Waals surface area contributed by atoms with E-state index in [2.05, 4.69) is 0 Å². The molecule has 0 saturated heterocycles. The number of rotatable bonds is 4. The van der Waals surface area contributed by atoms with Crippen LogP contribution in [0.25, 0.3) is 0 Å². The van der Waals surface area contributed by atoms with Crippen molar-refractivity contribution in [1.82, 2.24) is 5.32 Å². The fourth-order valence-corrected chi connectivity index (χ4v) is 1.29. The van der Waals surface area contributed by atoms with E-state index in [0.29, 0.717) is 6.42 Å². The number of amides is 1. The van der Waals surface area contributed by atoms with Gasteiger partial charge in [0.05, 0.1) is 0 Å². The molecule has 82 valence electrons. The number of nitrogens with one attached hydrogen (secondary N) is 1. The molecule has 14 heavy (non-hydrogen) atoms. The van der Waals surface area contributed by atoms with Crippen molar-refractivity contribution in [3.05, 3.63) is 0 Å². The summed E-state index contributed by atoms with van der Waals surface area (Å²) in [6, 6.07) is 0. The molecule has 0 aromatic rings. The van der Waals surface area contributed by atoms with Gasteiger partial charge in [-0.2, -0.15) is 13.2 Å². The summed E-state index contributed by atoms with van der Waals surface area (Å²) in [7, 11) is 0. The molecule has 0 spiro atoms. The van der Waals surface area contributed by atoms with Gasteiger partial charge < -0.3 is 5.32 Å². The standard InChI is InChI=1S/C8H11ClF3NO/c9-5-1-2-6(14)13-7(3-4-7)8(10,11)12/h1-5H2,(H,13,14). The van der Waals surface area contributed by atoms with Crippen LogP contribution in [-0.4, -0.2) is 23.5 Å². The van der Waals surface area contributed by atoms with Crippen LogP contribution < -0.4 is 5.32 Å². The molecule has 0 unspecified atom stereocenters. The van der Waals surface area contributed by atoms with Gasteiger partial charge in [-0.1, -0.05) is 0 Å². The number of hydrogen-bond donors (Lipinski definition) is 1. The fraction of sp³-hybridized carbons (Fsp3) is 0.875. The average Bonchev–Trinajstić information content (AvgIpc) is 2.80. The Balaban J connectivity index is 2.40. The van der Waals surface area contributed by atoms with Crippen molar-refractivity contribution in [2.24, 2.45) is 0 Å². The summed E-state index contributed by atoms with van der Waals surface area (Å²) >= 11 is 5.32. The molecule has 1 fully saturated rings. The molecule has 6 heteroatoms. The first-order chi connectivity index (χ1) is 6.41. The second-order valence-corrected chi connectivity index (χ2v) is 3.80. The largest absolute Gasteiger partial charge is 0.411 e. The van der Waals surface area contributed by atoms with Gasteiger partial charge in [0.1, 0.15) is 5.54 Å². The van der Waals surface area contributed by atoms with E-state index >= 15 is 0 Å². The molecular formula is C8H11ClF3NO. The van der Waals surface area contributed by atoms with E-state index in [-0.39, 0.29) is 25.1 Å². The molecule has 1 N–H and O–H groups in total. The molecule has 1 rings (SSSR count). The summed E-state index contributed by atoms with van der Waals surface area (Å²) in [6.45, 7) is 0. The third-order valence-electron chi connectivity index (χ3n) is 2.21. The summed E-state index contributed by atoms with van der Waals surface area (Å²) in [5, 5.41) is 2.02. The van der Waals surface area contributed by atoms with Crippen molar-refractivity contribution in [3.8, 4) is 0 Å². The van der Waals surface area contributed by atoms with E-state index in [1.54, 1.807) is 0 Å². The lowest BCUT2D eigenvalue weighted by atomic mass is 10.2. The lowest BCUT2D eigenvalue weighted by molar-refractivity contribution is -0.170. The predicted octanol–water partition coefficient (Wildman–Crippen LogP) is 2.22. The number of hydrogen-bond acceptors (Lipinski definition) is 1. The van der Waals surface area contributed by atoms with Crippen molar-refractivity contribution in [2.75, 3.05) is 5.88 Å². The van der Waals surface area contributed by atoms with Crippen LogP contribution in [0.2, 0.25) is 0 Å². The van der Waals surface area contributed by atoms with Gasteiger partial charge in [0, 0.05) is 12.3 Å². The maximum absolute atomic E-state index is 12.3. The smallest absolute Gasteiger partial charge is 0.342 e. The van der Waals surface area contributed by atoms with Crippen LogP contribution in [0.4, 0.5) is 13.2 Å². The SMILES string of the molecule is O=C(CCCCl)NC1(C(F)(F)F)CC1. The summed E-state index contributed by atoms with van der Waals surface area (Å²) in [5.41, 5.74) is -1.93. The molecule has 1 saturated carbocycles. The lowest BCUT2D eigenvalue weighted by Crippen LogP contribution is -2.47. The molecule has 0 aliphatic heterocycles. The third-order valence-corrected chi connectivity index (χ3v) is 2.48. The maximum atomic E-state index is 12.3. The third kappa shape index (κ3) is 2.53. The van der Waals surface area contributed by atoms with E-state index in [4.69, 9.17) is 11.6 Å². The second kappa shape index (κ2) is 3.96. The Morgan fingerprint density at radius 1 is 1.43 bits per heavy atom. The van der Waals surface area contributed by atoms with Gasteiger partial charge in [0.15, 0.2) is 0 Å². The normalized spacial score (nSPS) is 19.1. The van der Waals surface area contributed by atoms with Gasteiger partial charge in [0.25, 0.3) is 0 Å². The van der Waals surface area contributed by atoms with Crippen LogP contribution in [0.3, 0.4) is 0 Å². The highest BCUT2D eigenvalue weighted by Gasteiger charge is 2.64. The minimum atomic E-state index is -4.33. The zero-order valence-corrected chi connectivity index (χ0v) is 8.21. The maximum Gasteiger partial charge on any atom is 0.411 e. The summed E-state index contributed by atoms with van der Waals surface area (Å²) in [6.07, 6.45) is -3.89. The van der Waals surface area contributed by atoms with Crippen molar-refractivity contribution in [2.45, 2.75) is 37.4 Å². The second-order valence-electron chi connectivity index (χ2n) is 3.42. The Morgan fingerprint density at radius 2 is 2.00 bits per heavy atom. The first kappa shape index (κ1) is 11.6. The Bertz CT molecular complexity index is 225. The topological polar surface area (TPSA) is 29.1 Å². The van der Waals surface area contributed by atoms with Crippen LogP contribution in [0.15, 0.2) is 0 Å². The summed E-state index contributed by atoms with van der Waals surface area (Å²) in [4.78, 5) is 11.0. The van der Waals surface area contributed by atoms with E-state index in [0.717, 1.165) is 0 Å². The minimum Gasteiger partial charge on any atom is -0.342 e. The highest BCUT2D eigenvalue weighted by molar-refractivity contribution is 6.17. The van der Waals surface area contributed by atoms with E-state index < -0.39 is 17.6 Å². The highest BCUT2D eigenvalue weighted by atomic mass is 35.5. The van der Waals surface area contributed by atoms with Gasteiger partial charge in [-0.3, -0.25) is 4.79 Å². The number of carbonyl (C=O) groups is 1. The highest BCUT2D eigenvalue weighted by Crippen LogP contribution is 2.48. The first-order valence-corrected chi connectivity index (χ1v) is 4.88. The molecule has 0 bridgehead atoms. The number of alkyl halides is 4. The van der Waals surface area contributed by atoms with Gasteiger partial charge in [0.2, 0.25) is 5.91 Å². The van der Waals surface area contributed by atoms with Gasteiger partial charge in [-0.25, -0.2) is 0 Å². The van der Waals surface area contributed by atoms with Gasteiger partial charge >= 0.3 is 6.18 Å². The zero-order valence-electron chi connectivity index (χ0n) is 7.46. The monoisotopic (exact) mass is 229 g/mol. The van der Waals surface area contributed by atoms with Crippen LogP contribution >= 0.6 is 11.6 Å². The summed E-state index contributed by atoms with van der Waals surface area (Å²) in [5.74, 6) is -0.285. The molecule has 0 heterocycles. The van der Waals surface area contributed by atoms with Crippen molar-refractivity contribution >= 4 is 17.5 Å². The minimum absolute atomic E-state index is 0.0108. The molecule has 2 nitrogen and oxygen atoms in total. The molecule has 1 amide bonds.